The van der Waals surface area contributed by atoms with Crippen LogP contribution < -0.4 is 16.0 Å². The minimum atomic E-state index is -2.32. The van der Waals surface area contributed by atoms with E-state index in [-0.39, 0.29) is 0 Å². The van der Waals surface area contributed by atoms with Gasteiger partial charge < -0.3 is 175 Å². The van der Waals surface area contributed by atoms with Crippen LogP contribution in [0.5, 0.6) is 0 Å². The molecule has 0 aliphatic carbocycles. The lowest BCUT2D eigenvalue weighted by molar-refractivity contribution is -0.388. The van der Waals surface area contributed by atoms with Gasteiger partial charge in [0.1, 0.15) is 165 Å². The standard InChI is InChI=1S/C49H83N3O35/c1-12-23(50-13(2)59)30(66)39(19(8-56)76-12)83-44-24(51-14(3)60)31(67)41(21(10-58)80-44)85-48-38(74)42(86-47-37(73)34(70)27(63)17(6-54)78-47)29(65)22(82-48)11-75-49-43(35(71)28(64)18(7-55)79-49)87-45-25(52-15(4)61)32(68)40(20(9-57)81-45)84-46-36(72)33(69)26(62)16(5-53)77-46/h12,16-49,53-58,62-74H,5-11H2,1-4H3,(H,50,59)(H,51,60)(H,52,61)/t12-,16?,17?,18?,19?,20-,21?,22?,23+,24-,25?,26-,27+,28+,29+,30?,31?,32?,33-,34?,35-,36?,37?,38+,39+,40+,41+,42?,43?,44-,45-,46-,47+,48-,49-/m0/s1. The van der Waals surface area contributed by atoms with Gasteiger partial charge in [-0.05, 0) is 6.92 Å². The van der Waals surface area contributed by atoms with Crippen LogP contribution in [0, 0.1) is 0 Å². The maximum Gasteiger partial charge on any atom is 0.217 e. The van der Waals surface area contributed by atoms with Crippen LogP contribution in [0.1, 0.15) is 27.7 Å². The molecule has 22 N–H and O–H groups in total. The highest BCUT2D eigenvalue weighted by atomic mass is 16.8. The molecule has 7 rings (SSSR count). The lowest BCUT2D eigenvalue weighted by Crippen LogP contribution is -2.70. The zero-order valence-electron chi connectivity index (χ0n) is 47.2. The van der Waals surface area contributed by atoms with Crippen molar-refractivity contribution in [1.29, 1.82) is 0 Å². The lowest BCUT2D eigenvalue weighted by atomic mass is 9.92. The smallest absolute Gasteiger partial charge is 0.217 e. The third-order valence-corrected chi connectivity index (χ3v) is 16.0. The Morgan fingerprint density at radius 2 is 0.621 bits per heavy atom. The summed E-state index contributed by atoms with van der Waals surface area (Å²) in [5, 5.41) is 214. The summed E-state index contributed by atoms with van der Waals surface area (Å²) in [7, 11) is 0. The first-order valence-corrected chi connectivity index (χ1v) is 27.9. The Morgan fingerprint density at radius 3 is 1.03 bits per heavy atom. The fourth-order valence-electron chi connectivity index (χ4n) is 11.3. The Hall–Kier alpha value is -2.87. The number of ether oxygens (including phenoxy) is 13. The van der Waals surface area contributed by atoms with Crippen molar-refractivity contribution in [2.75, 3.05) is 46.2 Å². The molecule has 3 amide bonds. The summed E-state index contributed by atoms with van der Waals surface area (Å²) in [5.41, 5.74) is 0. The van der Waals surface area contributed by atoms with Gasteiger partial charge in [0.25, 0.3) is 0 Å². The summed E-state index contributed by atoms with van der Waals surface area (Å²) in [5.74, 6) is -2.27. The number of rotatable bonds is 22. The molecular formula is C49H83N3O35. The van der Waals surface area contributed by atoms with Crippen molar-refractivity contribution in [2.24, 2.45) is 0 Å². The number of carbonyl (C=O) groups is 3. The van der Waals surface area contributed by atoms with Crippen molar-refractivity contribution in [3.8, 4) is 0 Å². The molecule has 504 valence electrons. The number of aliphatic hydroxyl groups excluding tert-OH is 19. The fraction of sp³-hybridized carbons (Fsp3) is 0.939. The number of hydrogen-bond acceptors (Lipinski definition) is 35. The van der Waals surface area contributed by atoms with Gasteiger partial charge in [0.15, 0.2) is 37.7 Å². The van der Waals surface area contributed by atoms with E-state index >= 15 is 0 Å². The van der Waals surface area contributed by atoms with Gasteiger partial charge in [0.2, 0.25) is 17.7 Å². The summed E-state index contributed by atoms with van der Waals surface area (Å²) in [6, 6.07) is -4.66. The third-order valence-electron chi connectivity index (χ3n) is 16.0. The molecule has 87 heavy (non-hydrogen) atoms. The summed E-state index contributed by atoms with van der Waals surface area (Å²) >= 11 is 0. The van der Waals surface area contributed by atoms with Crippen molar-refractivity contribution >= 4 is 17.7 Å². The van der Waals surface area contributed by atoms with Crippen LogP contribution in [-0.2, 0) is 76.0 Å². The summed E-state index contributed by atoms with van der Waals surface area (Å²) < 4.78 is 76.2. The van der Waals surface area contributed by atoms with Gasteiger partial charge in [-0.2, -0.15) is 0 Å². The third kappa shape index (κ3) is 15.8. The number of amides is 3. The van der Waals surface area contributed by atoms with Crippen LogP contribution in [0.15, 0.2) is 0 Å². The largest absolute Gasteiger partial charge is 0.394 e. The van der Waals surface area contributed by atoms with E-state index in [2.05, 4.69) is 16.0 Å². The van der Waals surface area contributed by atoms with Gasteiger partial charge in [0.05, 0.1) is 58.4 Å². The highest BCUT2D eigenvalue weighted by Crippen LogP contribution is 2.37. The van der Waals surface area contributed by atoms with Crippen molar-refractivity contribution < 1.29 is 173 Å². The van der Waals surface area contributed by atoms with E-state index in [1.165, 1.54) is 6.92 Å². The molecule has 15 unspecified atom stereocenters. The maximum absolute atomic E-state index is 12.7. The van der Waals surface area contributed by atoms with Crippen molar-refractivity contribution in [2.45, 2.75) is 242 Å². The number of nitrogens with one attached hydrogen (secondary N) is 3. The first kappa shape index (κ1) is 71.6. The van der Waals surface area contributed by atoms with E-state index in [0.717, 1.165) is 20.8 Å². The summed E-state index contributed by atoms with van der Waals surface area (Å²) in [4.78, 5) is 37.5. The Bertz CT molecular complexity index is 2180. The van der Waals surface area contributed by atoms with E-state index in [1.807, 2.05) is 0 Å². The minimum absolute atomic E-state index is 0.578. The van der Waals surface area contributed by atoms with Crippen LogP contribution in [0.4, 0.5) is 0 Å². The molecule has 0 aromatic carbocycles. The van der Waals surface area contributed by atoms with Crippen molar-refractivity contribution in [1.82, 2.24) is 16.0 Å². The van der Waals surface area contributed by atoms with Gasteiger partial charge >= 0.3 is 0 Å². The average Bonchev–Trinajstić information content (AvgIpc) is 3.58. The first-order valence-electron chi connectivity index (χ1n) is 27.9. The molecule has 7 fully saturated rings. The maximum atomic E-state index is 12.7. The SMILES string of the molecule is CC(=O)NC1C(O)[C@H](O[C@@H]2OC(CO)[C@H](O)[C@H](O)C2O)[C@H](CO)O[C@H]1OC1[C@@H](OCC2O[C@@H](O[C@@H]3C(CO)O[C@@H](O[C@@H]4C(CO)O[C@@H](C)[C@@H](NC(C)=O)C4O)[C@@H](NC(C)=O)C3O)[C@H](O)C(O[C@H]3OC(CO)[C@@H](O)C(O)C3O)[C@@H]2O)OC(CO)[C@@H](O)[C@@H]1O. The van der Waals surface area contributed by atoms with E-state index in [9.17, 15) is 111 Å². The van der Waals surface area contributed by atoms with Crippen LogP contribution >= 0.6 is 0 Å². The first-order chi connectivity index (χ1) is 41.1. The molecule has 7 heterocycles. The second kappa shape index (κ2) is 31.2. The highest BCUT2D eigenvalue weighted by Gasteiger charge is 2.58. The molecule has 7 aliphatic rings. The molecule has 7 aliphatic heterocycles. The Kier molecular flexibility index (Phi) is 25.6. The molecule has 38 heteroatoms. The molecular weight excluding hydrogens is 1190 g/mol. The summed E-state index contributed by atoms with van der Waals surface area (Å²) in [6.07, 6.45) is -60.6. The Balaban J connectivity index is 1.17. The van der Waals surface area contributed by atoms with Crippen molar-refractivity contribution in [3.05, 3.63) is 0 Å². The van der Waals surface area contributed by atoms with Crippen molar-refractivity contribution in [3.63, 3.8) is 0 Å². The van der Waals surface area contributed by atoms with Crippen LogP contribution in [0.2, 0.25) is 0 Å². The Morgan fingerprint density at radius 1 is 0.310 bits per heavy atom. The molecule has 38 nitrogen and oxygen atoms in total. The van der Waals surface area contributed by atoms with E-state index in [1.54, 1.807) is 0 Å². The fourth-order valence-corrected chi connectivity index (χ4v) is 11.3. The number of aliphatic hydroxyl groups is 19. The van der Waals surface area contributed by atoms with Crippen LogP contribution in [0.3, 0.4) is 0 Å². The average molecular weight is 1270 g/mol. The summed E-state index contributed by atoms with van der Waals surface area (Å²) in [6.45, 7) is -2.10. The zero-order valence-corrected chi connectivity index (χ0v) is 47.2. The molecule has 0 radical (unpaired) electrons. The molecule has 0 aromatic rings. The topological polar surface area (TPSA) is 592 Å². The van der Waals surface area contributed by atoms with Gasteiger partial charge in [-0.15, -0.1) is 0 Å². The molecule has 7 saturated heterocycles. The Labute approximate surface area is 494 Å². The second-order valence-electron chi connectivity index (χ2n) is 22.1. The monoisotopic (exact) mass is 1270 g/mol. The predicted molar refractivity (Wildman–Crippen MR) is 270 cm³/mol. The predicted octanol–water partition coefficient (Wildman–Crippen LogP) is -14.8. The molecule has 0 aromatic heterocycles. The molecule has 35 atom stereocenters. The van der Waals surface area contributed by atoms with E-state index in [0.29, 0.717) is 0 Å². The van der Waals surface area contributed by atoms with Crippen LogP contribution in [-0.4, -0.2) is 376 Å². The minimum Gasteiger partial charge on any atom is -0.394 e. The number of hydrogen-bond donors (Lipinski definition) is 22. The highest BCUT2D eigenvalue weighted by molar-refractivity contribution is 5.74. The lowest BCUT2D eigenvalue weighted by Gasteiger charge is -2.50. The second-order valence-corrected chi connectivity index (χ2v) is 22.1. The van der Waals surface area contributed by atoms with Gasteiger partial charge in [-0.25, -0.2) is 0 Å². The number of carbonyl (C=O) groups excluding carboxylic acids is 3. The van der Waals surface area contributed by atoms with E-state index in [4.69, 9.17) is 61.6 Å². The molecule has 0 spiro atoms. The quantitative estimate of drug-likeness (QED) is 0.0479. The van der Waals surface area contributed by atoms with Gasteiger partial charge in [-0.3, -0.25) is 14.4 Å². The molecule has 0 saturated carbocycles. The zero-order chi connectivity index (χ0) is 64.2. The van der Waals surface area contributed by atoms with Gasteiger partial charge in [0, 0.05) is 20.8 Å². The van der Waals surface area contributed by atoms with E-state index < -0.39 is 279 Å². The normalized spacial score (nSPS) is 48.9. The molecule has 0 bridgehead atoms. The van der Waals surface area contributed by atoms with Crippen LogP contribution in [0.25, 0.3) is 0 Å². The van der Waals surface area contributed by atoms with Gasteiger partial charge in [-0.1, -0.05) is 0 Å².